The van der Waals surface area contributed by atoms with Gasteiger partial charge in [-0.2, -0.15) is 0 Å². The van der Waals surface area contributed by atoms with E-state index >= 15 is 0 Å². The van der Waals surface area contributed by atoms with Gasteiger partial charge in [0.2, 0.25) is 11.8 Å². The third-order valence-electron chi connectivity index (χ3n) is 5.52. The number of hydrogen-bond acceptors (Lipinski definition) is 4. The SMILES string of the molecule is CNC(=O)C1CN(C(c2ccccc2)c2ccccc2)C1.CNC(=O)C1CNC1. The molecule has 2 aliphatic heterocycles. The first-order chi connectivity index (χ1) is 14.1. The van der Waals surface area contributed by atoms with Crippen LogP contribution in [0, 0.1) is 11.8 Å². The average molecular weight is 395 g/mol. The molecule has 29 heavy (non-hydrogen) atoms. The Morgan fingerprint density at radius 3 is 1.62 bits per heavy atom. The van der Waals surface area contributed by atoms with Crippen molar-refractivity contribution in [3.05, 3.63) is 71.8 Å². The highest BCUT2D eigenvalue weighted by molar-refractivity contribution is 5.80. The first kappa shape index (κ1) is 21.0. The molecule has 0 unspecified atom stereocenters. The van der Waals surface area contributed by atoms with Gasteiger partial charge in [-0.05, 0) is 11.1 Å². The number of hydrogen-bond donors (Lipinski definition) is 3. The molecular weight excluding hydrogens is 364 g/mol. The minimum absolute atomic E-state index is 0.116. The topological polar surface area (TPSA) is 73.5 Å². The van der Waals surface area contributed by atoms with Crippen molar-refractivity contribution in [1.29, 1.82) is 0 Å². The molecule has 4 rings (SSSR count). The van der Waals surface area contributed by atoms with Gasteiger partial charge in [0.15, 0.2) is 0 Å². The highest BCUT2D eigenvalue weighted by Crippen LogP contribution is 2.34. The summed E-state index contributed by atoms with van der Waals surface area (Å²) in [4.78, 5) is 24.7. The number of carbonyl (C=O) groups is 2. The second-order valence-corrected chi connectivity index (χ2v) is 7.46. The summed E-state index contributed by atoms with van der Waals surface area (Å²) >= 11 is 0. The van der Waals surface area contributed by atoms with Crippen LogP contribution in [0.15, 0.2) is 60.7 Å². The van der Waals surface area contributed by atoms with Crippen LogP contribution in [0.3, 0.4) is 0 Å². The molecule has 0 bridgehead atoms. The van der Waals surface area contributed by atoms with E-state index in [0.717, 1.165) is 26.2 Å². The predicted molar refractivity (Wildman–Crippen MR) is 114 cm³/mol. The Balaban J connectivity index is 0.000000252. The van der Waals surface area contributed by atoms with Crippen LogP contribution in [-0.4, -0.2) is 57.0 Å². The Kier molecular flexibility index (Phi) is 7.38. The van der Waals surface area contributed by atoms with Gasteiger partial charge in [-0.25, -0.2) is 0 Å². The monoisotopic (exact) mass is 394 g/mol. The van der Waals surface area contributed by atoms with Gasteiger partial charge in [-0.3, -0.25) is 14.5 Å². The molecule has 2 aliphatic rings. The first-order valence-electron chi connectivity index (χ1n) is 10.1. The van der Waals surface area contributed by atoms with Crippen molar-refractivity contribution in [2.24, 2.45) is 11.8 Å². The first-order valence-corrected chi connectivity index (χ1v) is 10.1. The summed E-state index contributed by atoms with van der Waals surface area (Å²) in [6, 6.07) is 21.2. The fourth-order valence-electron chi connectivity index (χ4n) is 3.66. The van der Waals surface area contributed by atoms with Crippen LogP contribution < -0.4 is 16.0 Å². The summed E-state index contributed by atoms with van der Waals surface area (Å²) in [5, 5.41) is 8.34. The van der Waals surface area contributed by atoms with Crippen LogP contribution in [0.1, 0.15) is 17.2 Å². The van der Waals surface area contributed by atoms with Crippen molar-refractivity contribution < 1.29 is 9.59 Å². The van der Waals surface area contributed by atoms with Gasteiger partial charge in [0.1, 0.15) is 0 Å². The highest BCUT2D eigenvalue weighted by atomic mass is 16.2. The summed E-state index contributed by atoms with van der Waals surface area (Å²) in [6.45, 7) is 3.32. The van der Waals surface area contributed by atoms with E-state index in [2.05, 4.69) is 69.4 Å². The van der Waals surface area contributed by atoms with E-state index in [9.17, 15) is 9.59 Å². The Labute approximate surface area is 172 Å². The smallest absolute Gasteiger partial charge is 0.225 e. The second-order valence-electron chi connectivity index (χ2n) is 7.46. The molecule has 6 heteroatoms. The minimum atomic E-state index is 0.116. The quantitative estimate of drug-likeness (QED) is 0.717. The van der Waals surface area contributed by atoms with Crippen molar-refractivity contribution in [3.63, 3.8) is 0 Å². The van der Waals surface area contributed by atoms with E-state index in [0.29, 0.717) is 0 Å². The van der Waals surface area contributed by atoms with Gasteiger partial charge in [-0.1, -0.05) is 60.7 Å². The van der Waals surface area contributed by atoms with Crippen LogP contribution >= 0.6 is 0 Å². The zero-order chi connectivity index (χ0) is 20.6. The molecule has 2 saturated heterocycles. The average Bonchev–Trinajstić information content (AvgIpc) is 2.70. The lowest BCUT2D eigenvalue weighted by Crippen LogP contribution is -2.54. The van der Waals surface area contributed by atoms with E-state index in [1.165, 1.54) is 11.1 Å². The van der Waals surface area contributed by atoms with Crippen molar-refractivity contribution in [2.75, 3.05) is 40.3 Å². The van der Waals surface area contributed by atoms with Crippen LogP contribution in [0.4, 0.5) is 0 Å². The normalized spacial score (nSPS) is 16.8. The number of benzene rings is 2. The van der Waals surface area contributed by atoms with E-state index in [1.54, 1.807) is 14.1 Å². The van der Waals surface area contributed by atoms with E-state index < -0.39 is 0 Å². The van der Waals surface area contributed by atoms with Gasteiger partial charge in [0, 0.05) is 40.3 Å². The Morgan fingerprint density at radius 1 is 0.828 bits per heavy atom. The largest absolute Gasteiger partial charge is 0.359 e. The zero-order valence-electron chi connectivity index (χ0n) is 17.1. The van der Waals surface area contributed by atoms with E-state index in [-0.39, 0.29) is 29.7 Å². The molecule has 0 saturated carbocycles. The fourth-order valence-corrected chi connectivity index (χ4v) is 3.66. The highest BCUT2D eigenvalue weighted by Gasteiger charge is 2.37. The number of amides is 2. The third kappa shape index (κ3) is 5.22. The molecule has 2 amide bonds. The standard InChI is InChI=1S/C18H20N2O.C5H10N2O/c1-19-18(21)16-12-20(13-16)17(14-8-4-2-5-9-14)15-10-6-3-7-11-15;1-6-5(8)4-2-7-3-4/h2-11,16-17H,12-13H2,1H3,(H,19,21);4,7H,2-3H2,1H3,(H,6,8). The van der Waals surface area contributed by atoms with Crippen molar-refractivity contribution >= 4 is 11.8 Å². The Morgan fingerprint density at radius 2 is 1.28 bits per heavy atom. The zero-order valence-corrected chi connectivity index (χ0v) is 17.1. The Bertz CT molecular complexity index is 748. The maximum Gasteiger partial charge on any atom is 0.225 e. The Hall–Kier alpha value is -2.70. The van der Waals surface area contributed by atoms with Crippen LogP contribution in [0.5, 0.6) is 0 Å². The van der Waals surface area contributed by atoms with Gasteiger partial charge >= 0.3 is 0 Å². The molecule has 0 spiro atoms. The summed E-state index contributed by atoms with van der Waals surface area (Å²) in [6.07, 6.45) is 0. The van der Waals surface area contributed by atoms with Gasteiger partial charge < -0.3 is 16.0 Å². The number of rotatable bonds is 5. The lowest BCUT2D eigenvalue weighted by molar-refractivity contribution is -0.130. The van der Waals surface area contributed by atoms with Crippen molar-refractivity contribution in [2.45, 2.75) is 6.04 Å². The van der Waals surface area contributed by atoms with Gasteiger partial charge in [0.25, 0.3) is 0 Å². The number of nitrogens with zero attached hydrogens (tertiary/aromatic N) is 1. The molecule has 0 aromatic heterocycles. The number of carbonyl (C=O) groups excluding carboxylic acids is 2. The molecule has 2 aromatic carbocycles. The molecule has 6 nitrogen and oxygen atoms in total. The third-order valence-corrected chi connectivity index (χ3v) is 5.52. The second kappa shape index (κ2) is 10.2. The molecule has 2 heterocycles. The van der Waals surface area contributed by atoms with Gasteiger partial charge in [0.05, 0.1) is 17.9 Å². The lowest BCUT2D eigenvalue weighted by atomic mass is 9.90. The molecule has 154 valence electrons. The lowest BCUT2D eigenvalue weighted by Gasteiger charge is -2.43. The van der Waals surface area contributed by atoms with E-state index in [1.807, 2.05) is 12.1 Å². The van der Waals surface area contributed by atoms with Gasteiger partial charge in [-0.15, -0.1) is 0 Å². The number of nitrogens with one attached hydrogen (secondary N) is 3. The van der Waals surface area contributed by atoms with Crippen molar-refractivity contribution in [1.82, 2.24) is 20.9 Å². The molecule has 2 fully saturated rings. The van der Waals surface area contributed by atoms with E-state index in [4.69, 9.17) is 0 Å². The fraction of sp³-hybridized carbons (Fsp3) is 0.391. The minimum Gasteiger partial charge on any atom is -0.359 e. The molecule has 0 radical (unpaired) electrons. The molecule has 3 N–H and O–H groups in total. The maximum atomic E-state index is 11.7. The molecular formula is C23H30N4O2. The maximum absolute atomic E-state index is 11.7. The van der Waals surface area contributed by atoms with Crippen molar-refractivity contribution in [3.8, 4) is 0 Å². The molecule has 0 aliphatic carbocycles. The summed E-state index contributed by atoms with van der Waals surface area (Å²) in [5.74, 6) is 0.653. The molecule has 0 atom stereocenters. The summed E-state index contributed by atoms with van der Waals surface area (Å²) < 4.78 is 0. The van der Waals surface area contributed by atoms with Crippen LogP contribution in [0.2, 0.25) is 0 Å². The number of likely N-dealkylation sites (tertiary alicyclic amines) is 1. The summed E-state index contributed by atoms with van der Waals surface area (Å²) in [7, 11) is 3.37. The summed E-state index contributed by atoms with van der Waals surface area (Å²) in [5.41, 5.74) is 2.55. The van der Waals surface area contributed by atoms with Crippen LogP contribution in [0.25, 0.3) is 0 Å². The molecule has 2 aromatic rings. The van der Waals surface area contributed by atoms with Crippen LogP contribution in [-0.2, 0) is 9.59 Å². The predicted octanol–water partition coefficient (Wildman–Crippen LogP) is 1.41.